The minimum atomic E-state index is -1.43. The number of aliphatic hydroxyl groups is 1. The summed E-state index contributed by atoms with van der Waals surface area (Å²) in [6, 6.07) is 70.8. The Morgan fingerprint density at radius 2 is 0.670 bits per heavy atom. The number of hydrogen-bond acceptors (Lipinski definition) is 14. The van der Waals surface area contributed by atoms with Crippen LogP contribution in [0.2, 0.25) is 0 Å². The second-order valence-corrected chi connectivity index (χ2v) is 30.1. The van der Waals surface area contributed by atoms with Gasteiger partial charge in [-0.05, 0) is 156 Å². The Bertz CT molecular complexity index is 5930. The van der Waals surface area contributed by atoms with E-state index in [2.05, 4.69) is 0 Å². The van der Waals surface area contributed by atoms with Gasteiger partial charge in [-0.3, -0.25) is 38.6 Å². The molecular weight excluding hydrogens is 1410 g/mol. The van der Waals surface area contributed by atoms with Crippen molar-refractivity contribution in [1.29, 1.82) is 0 Å². The van der Waals surface area contributed by atoms with Gasteiger partial charge in [0.1, 0.15) is 58.1 Å². The van der Waals surface area contributed by atoms with Gasteiger partial charge in [-0.2, -0.15) is 0 Å². The van der Waals surface area contributed by atoms with E-state index < -0.39 is 47.5 Å². The highest BCUT2D eigenvalue weighted by Crippen LogP contribution is 2.59. The number of epoxide rings is 3. The van der Waals surface area contributed by atoms with Gasteiger partial charge in [-0.1, -0.05) is 146 Å². The smallest absolute Gasteiger partial charge is 0.262 e. The minimum Gasteiger partial charge on any atom is -0.457 e. The molecule has 13 aromatic carbocycles. The van der Waals surface area contributed by atoms with Crippen LogP contribution in [0.3, 0.4) is 0 Å². The van der Waals surface area contributed by atoms with Gasteiger partial charge in [-0.15, -0.1) is 0 Å². The third kappa shape index (κ3) is 13.5. The van der Waals surface area contributed by atoms with Gasteiger partial charge in [0.25, 0.3) is 23.6 Å². The van der Waals surface area contributed by atoms with E-state index in [1.54, 1.807) is 62.6 Å². The monoisotopic (exact) mass is 1480 g/mol. The molecule has 5 aliphatic heterocycles. The van der Waals surface area contributed by atoms with E-state index in [-0.39, 0.29) is 126 Å². The van der Waals surface area contributed by atoms with Gasteiger partial charge in [0.15, 0.2) is 0 Å². The fourth-order valence-corrected chi connectivity index (χ4v) is 16.4. The number of aliphatic hydroxyl groups excluding tert-OH is 1. The Kier molecular flexibility index (Phi) is 17.9. The standard InChI is InChI=1S/C94H76N4O14/c1-95(61-27-11-5-12-28-61)93(104)74(44-54-19-7-3-8-20-54)97-89(100)70-47-77(109-63-31-15-23-56(37-63)35-36-60-46-76(60)99)83-84-78(110-64-32-16-24-57(38-64)41-67-51-106-67)48-72-82-73(92(103)98(91(72)102)75(45-55-21-9-4-10-22-55)94(105)96(2)62-29-13-6-14-30-62)50-80(112-66-34-18-26-59(40-66)43-69-53-108-69)86(88(82)84)85-79(49-71(90(97)101)81(70)87(83)85)111-65-33-17-25-58(39-65)42-68-52-107-68/h3-34,37-40,47-50,60,67-69,74-76,99H,35-36,41-46,51-53H2,1-2H3. The number of carbonyl (C=O) groups excluding carboxylic acids is 6. The summed E-state index contributed by atoms with van der Waals surface area (Å²) in [5.74, 6) is -2.26. The van der Waals surface area contributed by atoms with Crippen molar-refractivity contribution in [1.82, 2.24) is 9.80 Å². The number of fused-ring (bicyclic) bond motifs is 2. The van der Waals surface area contributed by atoms with Crippen molar-refractivity contribution in [2.75, 3.05) is 43.7 Å². The van der Waals surface area contributed by atoms with Gasteiger partial charge in [0.05, 0.1) is 66.5 Å². The predicted octanol–water partition coefficient (Wildman–Crippen LogP) is 16.8. The van der Waals surface area contributed by atoms with Crippen LogP contribution < -0.4 is 28.7 Å². The molecule has 18 nitrogen and oxygen atoms in total. The van der Waals surface area contributed by atoms with Gasteiger partial charge in [0, 0.05) is 101 Å². The molecule has 19 rings (SSSR count). The molecule has 112 heavy (non-hydrogen) atoms. The van der Waals surface area contributed by atoms with E-state index in [1.165, 1.54) is 9.80 Å². The van der Waals surface area contributed by atoms with E-state index in [4.69, 9.17) is 33.2 Å². The highest BCUT2D eigenvalue weighted by molar-refractivity contribution is 6.45. The Hall–Kier alpha value is -12.6. The number of anilines is 2. The van der Waals surface area contributed by atoms with Crippen molar-refractivity contribution in [3.8, 4) is 46.0 Å². The third-order valence-corrected chi connectivity index (χ3v) is 22.4. The molecular formula is C94H76N4O14. The van der Waals surface area contributed by atoms with Crippen LogP contribution in [-0.4, -0.2) is 121 Å². The number of imide groups is 2. The second kappa shape index (κ2) is 28.7. The zero-order valence-corrected chi connectivity index (χ0v) is 61.5. The lowest BCUT2D eigenvalue weighted by Crippen LogP contribution is -2.55. The Balaban J connectivity index is 0.933. The Labute approximate surface area is 645 Å². The maximum absolute atomic E-state index is 16.9. The fraction of sp³-hybridized carbons (Fsp3) is 0.213. The van der Waals surface area contributed by atoms with Crippen molar-refractivity contribution < 1.29 is 67.0 Å². The number of hydrogen-bond donors (Lipinski definition) is 1. The molecule has 3 saturated heterocycles. The van der Waals surface area contributed by atoms with E-state index in [1.807, 2.05) is 194 Å². The summed E-state index contributed by atoms with van der Waals surface area (Å²) < 4.78 is 47.3. The highest BCUT2D eigenvalue weighted by Gasteiger charge is 2.48. The van der Waals surface area contributed by atoms with Crippen LogP contribution in [0.4, 0.5) is 11.4 Å². The summed E-state index contributed by atoms with van der Waals surface area (Å²) in [4.78, 5) is 104. The van der Waals surface area contributed by atoms with E-state index in [0.717, 1.165) is 38.5 Å². The van der Waals surface area contributed by atoms with Gasteiger partial charge in [-0.25, -0.2) is 0 Å². The molecule has 0 radical (unpaired) electrons. The number of benzene rings is 13. The van der Waals surface area contributed by atoms with Crippen LogP contribution in [0.5, 0.6) is 46.0 Å². The molecule has 0 aromatic heterocycles. The highest BCUT2D eigenvalue weighted by atomic mass is 16.6. The summed E-state index contributed by atoms with van der Waals surface area (Å²) >= 11 is 0. The first-order valence-electron chi connectivity index (χ1n) is 38.1. The van der Waals surface area contributed by atoms with Crippen molar-refractivity contribution >= 4 is 89.9 Å². The molecule has 6 amide bonds. The molecule has 6 aliphatic rings. The van der Waals surface area contributed by atoms with Gasteiger partial charge >= 0.3 is 0 Å². The number of amides is 6. The maximum Gasteiger partial charge on any atom is 0.262 e. The molecule has 1 N–H and O–H groups in total. The van der Waals surface area contributed by atoms with E-state index >= 15 is 28.8 Å². The minimum absolute atomic E-state index is 0.00291. The van der Waals surface area contributed by atoms with Crippen molar-refractivity contribution in [3.05, 3.63) is 298 Å². The number of nitrogens with zero attached hydrogens (tertiary/aromatic N) is 4. The first-order chi connectivity index (χ1) is 54.7. The molecule has 7 atom stereocenters. The molecule has 13 aromatic rings. The van der Waals surface area contributed by atoms with Crippen LogP contribution >= 0.6 is 0 Å². The molecule has 1 aliphatic carbocycles. The summed E-state index contributed by atoms with van der Waals surface area (Å²) in [5.41, 5.74) is 6.12. The van der Waals surface area contributed by atoms with Crippen LogP contribution in [0.1, 0.15) is 87.7 Å². The first-order valence-corrected chi connectivity index (χ1v) is 38.1. The number of likely N-dealkylation sites (N-methyl/N-ethyl adjacent to an activating group) is 2. The molecule has 0 bridgehead atoms. The first kappa shape index (κ1) is 69.8. The van der Waals surface area contributed by atoms with E-state index in [0.29, 0.717) is 103 Å². The lowest BCUT2D eigenvalue weighted by molar-refractivity contribution is -0.122. The molecule has 7 unspecified atom stereocenters. The molecule has 5 heterocycles. The number of rotatable bonds is 27. The van der Waals surface area contributed by atoms with Gasteiger partial charge < -0.3 is 48.1 Å². The molecule has 1 saturated carbocycles. The van der Waals surface area contributed by atoms with Crippen molar-refractivity contribution in [2.24, 2.45) is 5.92 Å². The largest absolute Gasteiger partial charge is 0.457 e. The topological polar surface area (TPSA) is 210 Å². The number of carbonyl (C=O) groups is 6. The summed E-state index contributed by atoms with van der Waals surface area (Å²) in [7, 11) is 3.26. The van der Waals surface area contributed by atoms with E-state index in [9.17, 15) is 5.11 Å². The number of para-hydroxylation sites is 2. The summed E-state index contributed by atoms with van der Waals surface area (Å²) in [5, 5.41) is 12.6. The second-order valence-electron chi connectivity index (χ2n) is 30.1. The lowest BCUT2D eigenvalue weighted by atomic mass is 9.80. The fourth-order valence-electron chi connectivity index (χ4n) is 16.4. The van der Waals surface area contributed by atoms with Crippen molar-refractivity contribution in [2.45, 2.75) is 87.9 Å². The summed E-state index contributed by atoms with van der Waals surface area (Å²) in [6.45, 7) is 1.78. The van der Waals surface area contributed by atoms with Crippen LogP contribution in [-0.2, 0) is 62.3 Å². The third-order valence-electron chi connectivity index (χ3n) is 22.4. The zero-order valence-electron chi connectivity index (χ0n) is 61.5. The van der Waals surface area contributed by atoms with Crippen molar-refractivity contribution in [3.63, 3.8) is 0 Å². The Morgan fingerprint density at radius 3 is 0.973 bits per heavy atom. The molecule has 556 valence electrons. The molecule has 18 heteroatoms. The quantitative estimate of drug-likeness (QED) is 0.0220. The summed E-state index contributed by atoms with van der Waals surface area (Å²) in [6.07, 6.45) is 3.29. The normalized spacial score (nSPS) is 18.4. The Morgan fingerprint density at radius 1 is 0.384 bits per heavy atom. The van der Waals surface area contributed by atoms with Crippen LogP contribution in [0, 0.1) is 5.92 Å². The number of aryl methyl sites for hydroxylation is 1. The molecule has 4 fully saturated rings. The lowest BCUT2D eigenvalue weighted by Gasteiger charge is -2.37. The van der Waals surface area contributed by atoms with Crippen LogP contribution in [0.25, 0.3) is 43.1 Å². The molecule has 0 spiro atoms. The van der Waals surface area contributed by atoms with Gasteiger partial charge in [0.2, 0.25) is 11.8 Å². The SMILES string of the molecule is CN(C(=O)C(Cc1ccccc1)N1C(=O)c2cc(Oc3cccc(CCC4CC4O)c3)c3c4c(Oc5cccc(CC6CO6)c5)cc5c6c(cc(Oc7cccc(CC8CO8)c7)c(c7c(Oc8cccc(CC9CO9)c8)cc(c2c37)C1=O)c64)C(=O)N(C(Cc1ccccc1)C(=O)N(C)c1ccccc1)C5=O)c1ccccc1. The number of ether oxygens (including phenoxy) is 7. The van der Waals surface area contributed by atoms with Crippen LogP contribution in [0.15, 0.2) is 243 Å². The average Bonchev–Trinajstić information content (AvgIpc) is 0.837. The zero-order chi connectivity index (χ0) is 76.0. The maximum atomic E-state index is 16.9. The average molecular weight is 1490 g/mol. The predicted molar refractivity (Wildman–Crippen MR) is 425 cm³/mol.